The van der Waals surface area contributed by atoms with Crippen LogP contribution < -0.4 is 0 Å². The summed E-state index contributed by atoms with van der Waals surface area (Å²) in [4.78, 5) is 17.7. The SMILES string of the molecule is CCCCC/C(=N\OC(=O)c1ccc(-c2ccccc2)cc1)c1ccccc1. The van der Waals surface area contributed by atoms with Crippen molar-refractivity contribution in [3.8, 4) is 11.1 Å². The average Bonchev–Trinajstić information content (AvgIpc) is 2.77. The lowest BCUT2D eigenvalue weighted by Crippen LogP contribution is -2.06. The molecule has 0 saturated heterocycles. The average molecular weight is 371 g/mol. The first-order valence-electron chi connectivity index (χ1n) is 9.77. The monoisotopic (exact) mass is 371 g/mol. The van der Waals surface area contributed by atoms with E-state index in [2.05, 4.69) is 12.1 Å². The van der Waals surface area contributed by atoms with E-state index < -0.39 is 5.97 Å². The lowest BCUT2D eigenvalue weighted by molar-refractivity contribution is 0.0515. The highest BCUT2D eigenvalue weighted by Crippen LogP contribution is 2.19. The van der Waals surface area contributed by atoms with Crippen molar-refractivity contribution in [3.05, 3.63) is 96.1 Å². The molecule has 142 valence electrons. The molecule has 0 atom stereocenters. The van der Waals surface area contributed by atoms with Crippen LogP contribution >= 0.6 is 0 Å². The van der Waals surface area contributed by atoms with Crippen molar-refractivity contribution in [2.75, 3.05) is 0 Å². The number of oxime groups is 1. The van der Waals surface area contributed by atoms with Gasteiger partial charge in [0.15, 0.2) is 0 Å². The molecule has 0 aromatic heterocycles. The number of hydrogen-bond donors (Lipinski definition) is 0. The van der Waals surface area contributed by atoms with E-state index in [-0.39, 0.29) is 0 Å². The van der Waals surface area contributed by atoms with Gasteiger partial charge in [-0.2, -0.15) is 0 Å². The van der Waals surface area contributed by atoms with Gasteiger partial charge in [0.05, 0.1) is 11.3 Å². The van der Waals surface area contributed by atoms with Gasteiger partial charge in [-0.3, -0.25) is 0 Å². The Morgan fingerprint density at radius 2 is 1.36 bits per heavy atom. The van der Waals surface area contributed by atoms with Crippen molar-refractivity contribution in [3.63, 3.8) is 0 Å². The molecule has 0 spiro atoms. The van der Waals surface area contributed by atoms with Crippen molar-refractivity contribution in [2.24, 2.45) is 5.16 Å². The second-order valence-electron chi connectivity index (χ2n) is 6.68. The molecule has 0 bridgehead atoms. The Kier molecular flexibility index (Phi) is 7.14. The molecule has 0 unspecified atom stereocenters. The number of nitrogens with zero attached hydrogens (tertiary/aromatic N) is 1. The third-order valence-electron chi connectivity index (χ3n) is 4.59. The number of benzene rings is 3. The Bertz CT molecular complexity index is 900. The van der Waals surface area contributed by atoms with Crippen molar-refractivity contribution >= 4 is 11.7 Å². The summed E-state index contributed by atoms with van der Waals surface area (Å²) in [6.45, 7) is 2.17. The lowest BCUT2D eigenvalue weighted by atomic mass is 10.0. The van der Waals surface area contributed by atoms with Crippen molar-refractivity contribution in [1.82, 2.24) is 0 Å². The first kappa shape index (κ1) is 19.6. The van der Waals surface area contributed by atoms with Gasteiger partial charge in [-0.05, 0) is 41.7 Å². The highest BCUT2D eigenvalue weighted by Gasteiger charge is 2.10. The largest absolute Gasteiger partial charge is 0.365 e. The van der Waals surface area contributed by atoms with E-state index in [1.165, 1.54) is 0 Å². The maximum absolute atomic E-state index is 12.4. The van der Waals surface area contributed by atoms with Gasteiger partial charge in [0.2, 0.25) is 0 Å². The van der Waals surface area contributed by atoms with Gasteiger partial charge >= 0.3 is 5.97 Å². The molecule has 0 fully saturated rings. The van der Waals surface area contributed by atoms with Crippen molar-refractivity contribution < 1.29 is 9.63 Å². The third kappa shape index (κ3) is 5.40. The standard InChI is InChI=1S/C25H25NO2/c1-2-3-6-15-24(22-13-9-5-10-14-22)26-28-25(27)23-18-16-21(17-19-23)20-11-7-4-8-12-20/h4-5,7-14,16-19H,2-3,6,15H2,1H3/b26-24+. The molecule has 3 heteroatoms. The molecule has 3 rings (SSSR count). The number of unbranched alkanes of at least 4 members (excludes halogenated alkanes) is 2. The molecule has 0 aliphatic heterocycles. The van der Waals surface area contributed by atoms with E-state index in [0.717, 1.165) is 48.1 Å². The molecule has 0 radical (unpaired) electrons. The summed E-state index contributed by atoms with van der Waals surface area (Å²) in [6, 6.07) is 27.4. The van der Waals surface area contributed by atoms with Crippen LogP contribution in [0.15, 0.2) is 90.1 Å². The van der Waals surface area contributed by atoms with Gasteiger partial charge in [-0.15, -0.1) is 0 Å². The fourth-order valence-corrected chi connectivity index (χ4v) is 2.99. The maximum Gasteiger partial charge on any atom is 0.365 e. The molecule has 3 aromatic rings. The minimum atomic E-state index is -0.441. The molecular weight excluding hydrogens is 346 g/mol. The van der Waals surface area contributed by atoms with E-state index in [9.17, 15) is 4.79 Å². The molecule has 0 N–H and O–H groups in total. The van der Waals surface area contributed by atoms with E-state index in [1.54, 1.807) is 12.1 Å². The summed E-state index contributed by atoms with van der Waals surface area (Å²) in [6.07, 6.45) is 4.07. The zero-order valence-corrected chi connectivity index (χ0v) is 16.2. The van der Waals surface area contributed by atoms with Crippen LogP contribution in [0, 0.1) is 0 Å². The zero-order chi connectivity index (χ0) is 19.6. The first-order valence-corrected chi connectivity index (χ1v) is 9.77. The Labute approximate surface area is 166 Å². The van der Waals surface area contributed by atoms with Gasteiger partial charge in [0.1, 0.15) is 0 Å². The molecule has 3 nitrogen and oxygen atoms in total. The number of rotatable bonds is 8. The van der Waals surface area contributed by atoms with Crippen LogP contribution in [0.5, 0.6) is 0 Å². The van der Waals surface area contributed by atoms with Gasteiger partial charge in [0, 0.05) is 0 Å². The van der Waals surface area contributed by atoms with Crippen LogP contribution in [0.2, 0.25) is 0 Å². The van der Waals surface area contributed by atoms with E-state index in [4.69, 9.17) is 4.84 Å². The second-order valence-corrected chi connectivity index (χ2v) is 6.68. The van der Waals surface area contributed by atoms with Crippen LogP contribution in [-0.4, -0.2) is 11.7 Å². The molecule has 0 aliphatic carbocycles. The first-order chi connectivity index (χ1) is 13.8. The van der Waals surface area contributed by atoms with Crippen LogP contribution in [0.4, 0.5) is 0 Å². The Hall–Kier alpha value is -3.20. The van der Waals surface area contributed by atoms with E-state index in [0.29, 0.717) is 5.56 Å². The second kappa shape index (κ2) is 10.2. The van der Waals surface area contributed by atoms with Gasteiger partial charge in [0.25, 0.3) is 0 Å². The minimum Gasteiger partial charge on any atom is -0.313 e. The summed E-state index contributed by atoms with van der Waals surface area (Å²) in [7, 11) is 0. The normalized spacial score (nSPS) is 11.2. The minimum absolute atomic E-state index is 0.441. The van der Waals surface area contributed by atoms with Crippen LogP contribution in [0.3, 0.4) is 0 Å². The summed E-state index contributed by atoms with van der Waals surface area (Å²) >= 11 is 0. The number of carbonyl (C=O) groups is 1. The summed E-state index contributed by atoms with van der Waals surface area (Å²) in [5.41, 5.74) is 4.46. The predicted molar refractivity (Wildman–Crippen MR) is 114 cm³/mol. The fourth-order valence-electron chi connectivity index (χ4n) is 2.99. The zero-order valence-electron chi connectivity index (χ0n) is 16.2. The summed E-state index contributed by atoms with van der Waals surface area (Å²) in [5, 5.41) is 4.19. The van der Waals surface area contributed by atoms with Gasteiger partial charge in [-0.25, -0.2) is 4.79 Å². The molecule has 0 amide bonds. The van der Waals surface area contributed by atoms with Crippen molar-refractivity contribution in [1.29, 1.82) is 0 Å². The lowest BCUT2D eigenvalue weighted by Gasteiger charge is -2.07. The van der Waals surface area contributed by atoms with Crippen LogP contribution in [0.1, 0.15) is 48.5 Å². The summed E-state index contributed by atoms with van der Waals surface area (Å²) < 4.78 is 0. The fraction of sp³-hybridized carbons (Fsp3) is 0.200. The van der Waals surface area contributed by atoms with Gasteiger partial charge < -0.3 is 4.84 Å². The molecule has 3 aromatic carbocycles. The Balaban J connectivity index is 1.70. The molecule has 0 aliphatic rings. The van der Waals surface area contributed by atoms with Crippen molar-refractivity contribution in [2.45, 2.75) is 32.6 Å². The highest BCUT2D eigenvalue weighted by molar-refractivity contribution is 6.01. The quantitative estimate of drug-likeness (QED) is 0.196. The smallest absolute Gasteiger partial charge is 0.313 e. The van der Waals surface area contributed by atoms with Crippen LogP contribution in [-0.2, 0) is 4.84 Å². The third-order valence-corrected chi connectivity index (χ3v) is 4.59. The summed E-state index contributed by atoms with van der Waals surface area (Å²) in [5.74, 6) is -0.441. The molecular formula is C25H25NO2. The van der Waals surface area contributed by atoms with Crippen LogP contribution in [0.25, 0.3) is 11.1 Å². The highest BCUT2D eigenvalue weighted by atomic mass is 16.7. The predicted octanol–water partition coefficient (Wildman–Crippen LogP) is 6.50. The molecule has 0 saturated carbocycles. The maximum atomic E-state index is 12.4. The Morgan fingerprint density at radius 1 is 0.750 bits per heavy atom. The van der Waals surface area contributed by atoms with E-state index >= 15 is 0 Å². The number of hydrogen-bond acceptors (Lipinski definition) is 3. The molecule has 28 heavy (non-hydrogen) atoms. The van der Waals surface area contributed by atoms with Gasteiger partial charge in [-0.1, -0.05) is 97.7 Å². The topological polar surface area (TPSA) is 38.7 Å². The number of carbonyl (C=O) groups excluding carboxylic acids is 1. The Morgan fingerprint density at radius 3 is 2.00 bits per heavy atom. The van der Waals surface area contributed by atoms with E-state index in [1.807, 2.05) is 72.8 Å². The molecule has 0 heterocycles.